The Kier molecular flexibility index (Phi) is 8.24. The highest BCUT2D eigenvalue weighted by Crippen LogP contribution is 2.27. The van der Waals surface area contributed by atoms with Gasteiger partial charge in [-0.2, -0.15) is 5.10 Å². The van der Waals surface area contributed by atoms with E-state index in [9.17, 15) is 14.7 Å². The molecule has 36 heavy (non-hydrogen) atoms. The smallest absolute Gasteiger partial charge is 0.407 e. The van der Waals surface area contributed by atoms with E-state index in [0.29, 0.717) is 18.0 Å². The van der Waals surface area contributed by atoms with Gasteiger partial charge in [0.1, 0.15) is 18.1 Å². The molecule has 0 fully saturated rings. The van der Waals surface area contributed by atoms with Crippen LogP contribution in [0, 0.1) is 0 Å². The largest absolute Gasteiger partial charge is 0.497 e. The number of amides is 2. The molecule has 2 amide bonds. The Labute approximate surface area is 211 Å². The lowest BCUT2D eigenvalue weighted by molar-refractivity contribution is 0.0795. The summed E-state index contributed by atoms with van der Waals surface area (Å²) in [5.74, 6) is 1.19. The zero-order chi connectivity index (χ0) is 26.5. The molecule has 1 N–H and O–H groups in total. The second kappa shape index (κ2) is 11.2. The van der Waals surface area contributed by atoms with Gasteiger partial charge in [0.15, 0.2) is 5.69 Å². The number of carbonyl (C=O) groups excluding carboxylic acids is 1. The Balaban J connectivity index is 1.85. The van der Waals surface area contributed by atoms with Gasteiger partial charge in [0.05, 0.1) is 25.0 Å². The number of nitrogens with zero attached hydrogens (tertiary/aromatic N) is 4. The van der Waals surface area contributed by atoms with Gasteiger partial charge >= 0.3 is 6.09 Å². The van der Waals surface area contributed by atoms with Crippen molar-refractivity contribution in [2.75, 3.05) is 33.9 Å². The Hall–Kier alpha value is -4.01. The Morgan fingerprint density at radius 3 is 2.17 bits per heavy atom. The third-order valence-corrected chi connectivity index (χ3v) is 5.84. The SMILES string of the molecule is CCN(C)C(=O)c1cc(-c2ccc(OCCN(C(=O)O)C(C)(C)C)cc2)n(-c2ccc(OC)cc2)n1. The molecule has 0 saturated carbocycles. The van der Waals surface area contributed by atoms with Gasteiger partial charge < -0.3 is 24.4 Å². The van der Waals surface area contributed by atoms with Crippen LogP contribution >= 0.6 is 0 Å². The van der Waals surface area contributed by atoms with Crippen LogP contribution in [0.1, 0.15) is 38.2 Å². The van der Waals surface area contributed by atoms with Gasteiger partial charge in [-0.3, -0.25) is 4.79 Å². The lowest BCUT2D eigenvalue weighted by atomic mass is 10.1. The number of aromatic nitrogens is 2. The van der Waals surface area contributed by atoms with Gasteiger partial charge in [0.2, 0.25) is 0 Å². The minimum absolute atomic E-state index is 0.159. The summed E-state index contributed by atoms with van der Waals surface area (Å²) in [5, 5.41) is 14.0. The fourth-order valence-corrected chi connectivity index (χ4v) is 3.65. The summed E-state index contributed by atoms with van der Waals surface area (Å²) in [6, 6.07) is 16.7. The first-order valence-electron chi connectivity index (χ1n) is 11.8. The molecule has 0 spiro atoms. The predicted molar refractivity (Wildman–Crippen MR) is 138 cm³/mol. The van der Waals surface area contributed by atoms with Crippen LogP contribution in [0.3, 0.4) is 0 Å². The van der Waals surface area contributed by atoms with E-state index in [1.807, 2.05) is 76.2 Å². The minimum Gasteiger partial charge on any atom is -0.497 e. The number of carboxylic acid groups (broad SMARTS) is 1. The van der Waals surface area contributed by atoms with Gasteiger partial charge in [-0.15, -0.1) is 0 Å². The highest BCUT2D eigenvalue weighted by atomic mass is 16.5. The lowest BCUT2D eigenvalue weighted by Crippen LogP contribution is -2.46. The van der Waals surface area contributed by atoms with E-state index in [0.717, 1.165) is 22.7 Å². The van der Waals surface area contributed by atoms with Crippen molar-refractivity contribution in [3.63, 3.8) is 0 Å². The molecule has 9 nitrogen and oxygen atoms in total. The molecule has 2 aromatic carbocycles. The van der Waals surface area contributed by atoms with Crippen molar-refractivity contribution in [2.24, 2.45) is 0 Å². The maximum absolute atomic E-state index is 12.8. The van der Waals surface area contributed by atoms with Gasteiger partial charge in [0.25, 0.3) is 5.91 Å². The average molecular weight is 495 g/mol. The van der Waals surface area contributed by atoms with Crippen molar-refractivity contribution in [1.29, 1.82) is 0 Å². The third kappa shape index (κ3) is 6.16. The van der Waals surface area contributed by atoms with E-state index >= 15 is 0 Å². The number of carbonyl (C=O) groups is 2. The normalized spacial score (nSPS) is 11.2. The quantitative estimate of drug-likeness (QED) is 0.459. The minimum atomic E-state index is -0.979. The van der Waals surface area contributed by atoms with Gasteiger partial charge in [0, 0.05) is 24.7 Å². The van der Waals surface area contributed by atoms with Crippen LogP contribution in [0.25, 0.3) is 16.9 Å². The first-order valence-corrected chi connectivity index (χ1v) is 11.8. The molecule has 1 aromatic heterocycles. The van der Waals surface area contributed by atoms with Crippen LogP contribution in [0.2, 0.25) is 0 Å². The van der Waals surface area contributed by atoms with Crippen molar-refractivity contribution in [1.82, 2.24) is 19.6 Å². The van der Waals surface area contributed by atoms with Crippen LogP contribution < -0.4 is 9.47 Å². The molecule has 3 rings (SSSR count). The fourth-order valence-electron chi connectivity index (χ4n) is 3.65. The maximum Gasteiger partial charge on any atom is 0.407 e. The van der Waals surface area contributed by atoms with Crippen molar-refractivity contribution >= 4 is 12.0 Å². The highest BCUT2D eigenvalue weighted by Gasteiger charge is 2.25. The van der Waals surface area contributed by atoms with Crippen LogP contribution in [-0.2, 0) is 0 Å². The number of rotatable bonds is 9. The van der Waals surface area contributed by atoms with E-state index in [-0.39, 0.29) is 19.1 Å². The van der Waals surface area contributed by atoms with Crippen LogP contribution in [0.15, 0.2) is 54.6 Å². The highest BCUT2D eigenvalue weighted by molar-refractivity contribution is 5.93. The second-order valence-electron chi connectivity index (χ2n) is 9.32. The lowest BCUT2D eigenvalue weighted by Gasteiger charge is -2.32. The van der Waals surface area contributed by atoms with Crippen molar-refractivity contribution in [3.8, 4) is 28.4 Å². The number of benzene rings is 2. The Bertz CT molecular complexity index is 1180. The topological polar surface area (TPSA) is 97.1 Å². The number of hydrogen-bond acceptors (Lipinski definition) is 5. The maximum atomic E-state index is 12.8. The van der Waals surface area contributed by atoms with Gasteiger partial charge in [-0.05, 0) is 82.3 Å². The van der Waals surface area contributed by atoms with Gasteiger partial charge in [-0.25, -0.2) is 9.48 Å². The molecule has 3 aromatic rings. The zero-order valence-electron chi connectivity index (χ0n) is 21.7. The number of methoxy groups -OCH3 is 1. The first kappa shape index (κ1) is 26.6. The van der Waals surface area contributed by atoms with E-state index in [1.165, 1.54) is 4.90 Å². The van der Waals surface area contributed by atoms with E-state index in [2.05, 4.69) is 5.10 Å². The molecular formula is C27H34N4O5. The summed E-state index contributed by atoms with van der Waals surface area (Å²) in [7, 11) is 3.35. The van der Waals surface area contributed by atoms with Gasteiger partial charge in [-0.1, -0.05) is 0 Å². The molecule has 0 unspecified atom stereocenters. The Morgan fingerprint density at radius 1 is 1.03 bits per heavy atom. The molecule has 0 aliphatic heterocycles. The summed E-state index contributed by atoms with van der Waals surface area (Å²) in [6.07, 6.45) is -0.979. The average Bonchev–Trinajstić information content (AvgIpc) is 3.30. The second-order valence-corrected chi connectivity index (χ2v) is 9.32. The standard InChI is InChI=1S/C27H34N4O5/c1-7-29(5)25(32)23-18-24(31(28-23)20-10-14-21(35-6)15-11-20)19-8-12-22(13-9-19)36-17-16-30(26(33)34)27(2,3)4/h8-15,18H,7,16-17H2,1-6H3,(H,33,34). The molecule has 0 saturated heterocycles. The Morgan fingerprint density at radius 2 is 1.64 bits per heavy atom. The summed E-state index contributed by atoms with van der Waals surface area (Å²) >= 11 is 0. The van der Waals surface area contributed by atoms with E-state index < -0.39 is 11.6 Å². The molecule has 9 heteroatoms. The molecule has 0 bridgehead atoms. The predicted octanol–water partition coefficient (Wildman–Crippen LogP) is 4.80. The zero-order valence-corrected chi connectivity index (χ0v) is 21.7. The van der Waals surface area contributed by atoms with Crippen LogP contribution in [-0.4, -0.2) is 76.1 Å². The van der Waals surface area contributed by atoms with Crippen molar-refractivity contribution < 1.29 is 24.2 Å². The summed E-state index contributed by atoms with van der Waals surface area (Å²) in [5.41, 5.74) is 2.23. The fraction of sp³-hybridized carbons (Fsp3) is 0.370. The van der Waals surface area contributed by atoms with E-state index in [1.54, 1.807) is 29.8 Å². The summed E-state index contributed by atoms with van der Waals surface area (Å²) < 4.78 is 12.8. The molecule has 0 aliphatic carbocycles. The first-order chi connectivity index (χ1) is 17.0. The summed E-state index contributed by atoms with van der Waals surface area (Å²) in [4.78, 5) is 27.3. The van der Waals surface area contributed by atoms with Crippen molar-refractivity contribution in [2.45, 2.75) is 33.2 Å². The molecular weight excluding hydrogens is 460 g/mol. The van der Waals surface area contributed by atoms with Crippen LogP contribution in [0.5, 0.6) is 11.5 Å². The molecule has 1 heterocycles. The van der Waals surface area contributed by atoms with Crippen molar-refractivity contribution in [3.05, 3.63) is 60.3 Å². The third-order valence-electron chi connectivity index (χ3n) is 5.84. The van der Waals surface area contributed by atoms with Crippen LogP contribution in [0.4, 0.5) is 4.79 Å². The number of hydrogen-bond donors (Lipinski definition) is 1. The molecule has 0 atom stereocenters. The summed E-state index contributed by atoms with van der Waals surface area (Å²) in [6.45, 7) is 8.51. The molecule has 192 valence electrons. The molecule has 0 aliphatic rings. The monoisotopic (exact) mass is 494 g/mol. The number of ether oxygens (including phenoxy) is 2. The molecule has 0 radical (unpaired) electrons. The van der Waals surface area contributed by atoms with E-state index in [4.69, 9.17) is 9.47 Å².